The van der Waals surface area contributed by atoms with Gasteiger partial charge in [0, 0.05) is 31.6 Å². The fourth-order valence-corrected chi connectivity index (χ4v) is 4.64. The molecule has 1 spiro atoms. The normalized spacial score (nSPS) is 26.8. The van der Waals surface area contributed by atoms with Crippen LogP contribution in [0.5, 0.6) is 0 Å². The van der Waals surface area contributed by atoms with E-state index < -0.39 is 5.60 Å². The molecule has 2 aliphatic rings. The summed E-state index contributed by atoms with van der Waals surface area (Å²) in [4.78, 5) is 23.4. The second-order valence-corrected chi connectivity index (χ2v) is 7.72. The minimum atomic E-state index is -0.873. The predicted octanol–water partition coefficient (Wildman–Crippen LogP) is 0.762. The van der Waals surface area contributed by atoms with E-state index in [0.29, 0.717) is 17.8 Å². The highest BCUT2D eigenvalue weighted by Crippen LogP contribution is 2.51. The number of rotatable bonds is 4. The number of nitrogens with two attached hydrogens (primary N) is 1. The van der Waals surface area contributed by atoms with Crippen LogP contribution in [0, 0.1) is 5.41 Å². The smallest absolute Gasteiger partial charge is 0.254 e. The number of aliphatic hydroxyl groups is 1. The van der Waals surface area contributed by atoms with Crippen molar-refractivity contribution in [2.24, 2.45) is 16.1 Å². The molecule has 7 nitrogen and oxygen atoms in total. The molecule has 0 radical (unpaired) electrons. The molecule has 1 aliphatic carbocycles. The Labute approximate surface area is 154 Å². The van der Waals surface area contributed by atoms with E-state index in [1.165, 1.54) is 23.2 Å². The molecule has 142 valence electrons. The van der Waals surface area contributed by atoms with Gasteiger partial charge in [-0.15, -0.1) is 0 Å². The van der Waals surface area contributed by atoms with E-state index in [1.807, 2.05) is 0 Å². The lowest BCUT2D eigenvalue weighted by atomic mass is 9.66. The highest BCUT2D eigenvalue weighted by Gasteiger charge is 2.54. The van der Waals surface area contributed by atoms with Crippen LogP contribution < -0.4 is 11.3 Å². The molecule has 0 amide bonds. The zero-order chi connectivity index (χ0) is 18.8. The quantitative estimate of drug-likeness (QED) is 0.774. The summed E-state index contributed by atoms with van der Waals surface area (Å²) in [5.74, 6) is 0. The molecule has 0 bridgehead atoms. The fourth-order valence-electron chi connectivity index (χ4n) is 4.64. The number of hydrogen-bond acceptors (Lipinski definition) is 6. The van der Waals surface area contributed by atoms with Gasteiger partial charge in [0.25, 0.3) is 5.56 Å². The van der Waals surface area contributed by atoms with Crippen molar-refractivity contribution in [1.82, 2.24) is 14.5 Å². The average Bonchev–Trinajstić information content (AvgIpc) is 3.08. The number of aliphatic imine (C=N–C) groups is 1. The largest absolute Gasteiger partial charge is 0.405 e. The summed E-state index contributed by atoms with van der Waals surface area (Å²) in [6.07, 6.45) is 9.50. The molecule has 26 heavy (non-hydrogen) atoms. The molecule has 1 aromatic heterocycles. The average molecular weight is 359 g/mol. The Kier molecular flexibility index (Phi) is 5.29. The maximum Gasteiger partial charge on any atom is 0.254 e. The van der Waals surface area contributed by atoms with Crippen LogP contribution in [-0.4, -0.2) is 58.1 Å². The number of nitrogens with zero attached hydrogens (tertiary/aromatic N) is 4. The summed E-state index contributed by atoms with van der Waals surface area (Å²) in [7, 11) is 3.74. The van der Waals surface area contributed by atoms with Crippen molar-refractivity contribution in [3.8, 4) is 0 Å². The van der Waals surface area contributed by atoms with Crippen LogP contribution in [0.4, 0.5) is 0 Å². The highest BCUT2D eigenvalue weighted by molar-refractivity contribution is 6.07. The van der Waals surface area contributed by atoms with E-state index in [9.17, 15) is 9.90 Å². The fraction of sp³-hybridized carbons (Fsp3) is 0.632. The Morgan fingerprint density at radius 2 is 2.15 bits per heavy atom. The second-order valence-electron chi connectivity index (χ2n) is 7.72. The lowest BCUT2D eigenvalue weighted by Crippen LogP contribution is -2.60. The Morgan fingerprint density at radius 1 is 1.42 bits per heavy atom. The van der Waals surface area contributed by atoms with Crippen molar-refractivity contribution in [1.29, 1.82) is 0 Å². The van der Waals surface area contributed by atoms with Crippen molar-refractivity contribution in [3.05, 3.63) is 40.7 Å². The van der Waals surface area contributed by atoms with Gasteiger partial charge < -0.3 is 15.7 Å². The number of likely N-dealkylation sites (tertiary alicyclic amines) is 1. The van der Waals surface area contributed by atoms with Crippen LogP contribution in [0.15, 0.2) is 34.5 Å². The predicted molar refractivity (Wildman–Crippen MR) is 102 cm³/mol. The van der Waals surface area contributed by atoms with Crippen molar-refractivity contribution in [3.63, 3.8) is 0 Å². The molecule has 3 rings (SSSR count). The van der Waals surface area contributed by atoms with Gasteiger partial charge in [0.1, 0.15) is 0 Å². The number of piperidine rings is 1. The van der Waals surface area contributed by atoms with Gasteiger partial charge in [-0.1, -0.05) is 12.8 Å². The van der Waals surface area contributed by atoms with Gasteiger partial charge in [0.15, 0.2) is 0 Å². The summed E-state index contributed by atoms with van der Waals surface area (Å²) in [6.45, 7) is 2.02. The molecule has 1 unspecified atom stereocenters. The Balaban J connectivity index is 1.89. The van der Waals surface area contributed by atoms with Crippen molar-refractivity contribution >= 4 is 5.71 Å². The maximum absolute atomic E-state index is 12.6. The standard InChI is InChI=1S/C19H29N5O2/c1-21-15(5-9-20)16-11-17(25)24(14-22-16)13-19(26)8-10-23(2)12-18(19)6-3-4-7-18/h5,9,11,14,26H,3-4,6-8,10,12-13,20H2,1-2H3. The van der Waals surface area contributed by atoms with E-state index in [2.05, 4.69) is 21.9 Å². The minimum Gasteiger partial charge on any atom is -0.405 e. The first-order valence-electron chi connectivity index (χ1n) is 9.26. The van der Waals surface area contributed by atoms with Crippen molar-refractivity contribution in [2.75, 3.05) is 27.2 Å². The van der Waals surface area contributed by atoms with Crippen LogP contribution in [0.25, 0.3) is 0 Å². The molecule has 1 saturated carbocycles. The first-order chi connectivity index (χ1) is 12.4. The molecular weight excluding hydrogens is 330 g/mol. The molecule has 7 heteroatoms. The van der Waals surface area contributed by atoms with E-state index in [-0.39, 0.29) is 17.5 Å². The first-order valence-corrected chi connectivity index (χ1v) is 9.26. The van der Waals surface area contributed by atoms with Gasteiger partial charge in [-0.3, -0.25) is 14.4 Å². The summed E-state index contributed by atoms with van der Waals surface area (Å²) in [6, 6.07) is 1.46. The Hall–Kier alpha value is -1.99. The van der Waals surface area contributed by atoms with Crippen LogP contribution in [0.1, 0.15) is 37.8 Å². The second kappa shape index (κ2) is 7.32. The molecule has 1 atom stereocenters. The number of allylic oxidation sites excluding steroid dienone is 1. The van der Waals surface area contributed by atoms with E-state index in [1.54, 1.807) is 13.1 Å². The topological polar surface area (TPSA) is 96.7 Å². The van der Waals surface area contributed by atoms with Gasteiger partial charge in [0.2, 0.25) is 0 Å². The highest BCUT2D eigenvalue weighted by atomic mass is 16.3. The van der Waals surface area contributed by atoms with Crippen LogP contribution in [0.3, 0.4) is 0 Å². The minimum absolute atomic E-state index is 0.129. The third-order valence-corrected chi connectivity index (χ3v) is 6.10. The SMILES string of the molecule is CN=C(C=CN)c1cc(=O)n(CC2(O)CCN(C)CC23CCCC3)cn1. The third kappa shape index (κ3) is 3.33. The lowest BCUT2D eigenvalue weighted by molar-refractivity contribution is -0.139. The first kappa shape index (κ1) is 18.8. The van der Waals surface area contributed by atoms with Crippen LogP contribution in [-0.2, 0) is 6.54 Å². The summed E-state index contributed by atoms with van der Waals surface area (Å²) < 4.78 is 1.54. The zero-order valence-electron chi connectivity index (χ0n) is 15.7. The monoisotopic (exact) mass is 359 g/mol. The molecule has 2 heterocycles. The van der Waals surface area contributed by atoms with Crippen molar-refractivity contribution in [2.45, 2.75) is 44.2 Å². The summed E-state index contributed by atoms with van der Waals surface area (Å²) in [5, 5.41) is 11.6. The third-order valence-electron chi connectivity index (χ3n) is 6.10. The molecule has 3 N–H and O–H groups in total. The molecule has 1 aliphatic heterocycles. The van der Waals surface area contributed by atoms with E-state index in [0.717, 1.165) is 38.8 Å². The van der Waals surface area contributed by atoms with Gasteiger partial charge in [-0.2, -0.15) is 0 Å². The van der Waals surface area contributed by atoms with Gasteiger partial charge in [-0.25, -0.2) is 4.98 Å². The number of hydrogen-bond donors (Lipinski definition) is 2. The molecular formula is C19H29N5O2. The van der Waals surface area contributed by atoms with Gasteiger partial charge in [-0.05, 0) is 38.6 Å². The lowest BCUT2D eigenvalue weighted by Gasteiger charge is -2.51. The van der Waals surface area contributed by atoms with Crippen LogP contribution in [0.2, 0.25) is 0 Å². The molecule has 2 fully saturated rings. The Morgan fingerprint density at radius 3 is 2.77 bits per heavy atom. The maximum atomic E-state index is 12.6. The summed E-state index contributed by atoms with van der Waals surface area (Å²) >= 11 is 0. The zero-order valence-corrected chi connectivity index (χ0v) is 15.7. The molecule has 1 saturated heterocycles. The van der Waals surface area contributed by atoms with E-state index in [4.69, 9.17) is 5.73 Å². The number of aromatic nitrogens is 2. The van der Waals surface area contributed by atoms with Crippen molar-refractivity contribution < 1.29 is 5.11 Å². The summed E-state index contributed by atoms with van der Waals surface area (Å²) in [5.41, 5.74) is 5.28. The van der Waals surface area contributed by atoms with Gasteiger partial charge >= 0.3 is 0 Å². The van der Waals surface area contributed by atoms with Crippen LogP contribution >= 0.6 is 0 Å². The molecule has 0 aromatic carbocycles. The van der Waals surface area contributed by atoms with E-state index >= 15 is 0 Å². The molecule has 1 aromatic rings. The van der Waals surface area contributed by atoms with Gasteiger partial charge in [0.05, 0.1) is 29.9 Å². The Bertz CT molecular complexity index is 763.